The van der Waals surface area contributed by atoms with Gasteiger partial charge < -0.3 is 4.74 Å². The summed E-state index contributed by atoms with van der Waals surface area (Å²) in [5.41, 5.74) is 3.97. The normalized spacial score (nSPS) is 16.0. The van der Waals surface area contributed by atoms with E-state index in [9.17, 15) is 0 Å². The molecule has 0 N–H and O–H groups in total. The molecule has 3 heteroatoms. The second-order valence-corrected chi connectivity index (χ2v) is 11.1. The Balaban J connectivity index is 1.56. The maximum Gasteiger partial charge on any atom is 0.0593 e. The topological polar surface area (TPSA) is 12.5 Å². The third-order valence-electron chi connectivity index (χ3n) is 5.84. The Morgan fingerprint density at radius 1 is 1.00 bits per heavy atom. The first-order chi connectivity index (χ1) is 12.7. The molecule has 0 bridgehead atoms. The molecule has 1 aliphatic heterocycles. The molecule has 0 fully saturated rings. The second kappa shape index (κ2) is 12.7. The molecular weight excluding hydrogens is 334 g/mol. The Morgan fingerprint density at radius 2 is 1.77 bits per heavy atom. The van der Waals surface area contributed by atoms with Crippen LogP contribution >= 0.6 is 0 Å². The van der Waals surface area contributed by atoms with Crippen molar-refractivity contribution in [2.45, 2.75) is 83.5 Å². The van der Waals surface area contributed by atoms with E-state index in [2.05, 4.69) is 49.2 Å². The second-order valence-electron chi connectivity index (χ2n) is 8.17. The largest absolute Gasteiger partial charge is 0.380 e. The number of hydrogen-bond donors (Lipinski definition) is 0. The van der Waals surface area contributed by atoms with Crippen LogP contribution in [0.5, 0.6) is 0 Å². The fraction of sp³-hybridized carbons (Fsp3) is 0.739. The summed E-state index contributed by atoms with van der Waals surface area (Å²) < 4.78 is 6.02. The molecule has 1 aliphatic rings. The highest BCUT2D eigenvalue weighted by Gasteiger charge is 2.16. The van der Waals surface area contributed by atoms with E-state index in [1.165, 1.54) is 69.0 Å². The molecule has 1 unspecified atom stereocenters. The molecule has 1 heterocycles. The van der Waals surface area contributed by atoms with Crippen LogP contribution in [0.15, 0.2) is 24.3 Å². The zero-order valence-corrected chi connectivity index (χ0v) is 18.4. The van der Waals surface area contributed by atoms with Crippen molar-refractivity contribution in [3.05, 3.63) is 35.4 Å². The minimum Gasteiger partial charge on any atom is -0.380 e. The fourth-order valence-corrected chi connectivity index (χ4v) is 5.46. The van der Waals surface area contributed by atoms with Gasteiger partial charge >= 0.3 is 0 Å². The summed E-state index contributed by atoms with van der Waals surface area (Å²) in [6, 6.07) is 8.88. The van der Waals surface area contributed by atoms with Crippen LogP contribution in [-0.4, -0.2) is 40.0 Å². The summed E-state index contributed by atoms with van der Waals surface area (Å²) in [5, 5.41) is 0. The lowest BCUT2D eigenvalue weighted by molar-refractivity contribution is 0.0962. The van der Waals surface area contributed by atoms with E-state index in [4.69, 9.17) is 4.74 Å². The van der Waals surface area contributed by atoms with Crippen LogP contribution in [0.3, 0.4) is 0 Å². The van der Waals surface area contributed by atoms with E-state index >= 15 is 0 Å². The van der Waals surface area contributed by atoms with Crippen molar-refractivity contribution in [2.24, 2.45) is 0 Å². The van der Waals surface area contributed by atoms with Crippen LogP contribution in [0.2, 0.25) is 18.6 Å². The molecule has 0 saturated carbocycles. The van der Waals surface area contributed by atoms with Crippen molar-refractivity contribution < 1.29 is 4.74 Å². The van der Waals surface area contributed by atoms with Crippen molar-refractivity contribution >= 4 is 8.80 Å². The van der Waals surface area contributed by atoms with Gasteiger partial charge in [0.25, 0.3) is 0 Å². The Hall–Kier alpha value is -0.643. The predicted octanol–water partition coefficient (Wildman–Crippen LogP) is 5.94. The maximum atomic E-state index is 6.02. The van der Waals surface area contributed by atoms with Gasteiger partial charge in [-0.25, -0.2) is 0 Å². The van der Waals surface area contributed by atoms with E-state index in [1.807, 2.05) is 0 Å². The van der Waals surface area contributed by atoms with Gasteiger partial charge in [0.2, 0.25) is 0 Å². The lowest BCUT2D eigenvalue weighted by Crippen LogP contribution is -2.33. The standard InChI is InChI=1S/C23H40NOSi/c1-4-5-6-7-8-13-23(26(2)3)15-18-25-19-17-24-16-14-21-11-9-10-12-22(21)20-24/h9-12,23H,4-8,13-20H2,1-3H3. The lowest BCUT2D eigenvalue weighted by atomic mass is 10.0. The minimum atomic E-state index is -0.196. The van der Waals surface area contributed by atoms with Gasteiger partial charge in [0.15, 0.2) is 0 Å². The Kier molecular flexibility index (Phi) is 10.6. The summed E-state index contributed by atoms with van der Waals surface area (Å²) in [7, 11) is -0.196. The molecule has 1 aromatic rings. The first-order valence-electron chi connectivity index (χ1n) is 10.9. The van der Waals surface area contributed by atoms with Gasteiger partial charge in [-0.2, -0.15) is 0 Å². The zero-order valence-electron chi connectivity index (χ0n) is 17.4. The first kappa shape index (κ1) is 21.7. The first-order valence-corrected chi connectivity index (χ1v) is 13.5. The van der Waals surface area contributed by atoms with Crippen molar-refractivity contribution in [3.8, 4) is 0 Å². The number of benzene rings is 1. The lowest BCUT2D eigenvalue weighted by Gasteiger charge is -2.28. The SMILES string of the molecule is CCCCCCCC(CCOCCN1CCc2ccccc2C1)[Si](C)C. The molecule has 26 heavy (non-hydrogen) atoms. The zero-order chi connectivity index (χ0) is 18.6. The van der Waals surface area contributed by atoms with Crippen LogP contribution in [-0.2, 0) is 17.7 Å². The number of unbranched alkanes of at least 4 members (excludes halogenated alkanes) is 4. The van der Waals surface area contributed by atoms with Crippen LogP contribution in [0.1, 0.15) is 63.0 Å². The Labute approximate surface area is 163 Å². The number of ether oxygens (including phenoxy) is 1. The smallest absolute Gasteiger partial charge is 0.0593 e. The van der Waals surface area contributed by atoms with Crippen molar-refractivity contribution in [2.75, 3.05) is 26.3 Å². The highest BCUT2D eigenvalue weighted by molar-refractivity contribution is 6.57. The van der Waals surface area contributed by atoms with Crippen LogP contribution < -0.4 is 0 Å². The van der Waals surface area contributed by atoms with Gasteiger partial charge in [0.1, 0.15) is 0 Å². The molecule has 0 amide bonds. The molecule has 0 aromatic heterocycles. The van der Waals surface area contributed by atoms with Crippen LogP contribution in [0, 0.1) is 0 Å². The molecule has 1 aromatic carbocycles. The third-order valence-corrected chi connectivity index (χ3v) is 8.06. The monoisotopic (exact) mass is 374 g/mol. The number of rotatable bonds is 13. The molecule has 0 saturated heterocycles. The number of nitrogens with zero attached hydrogens (tertiary/aromatic N) is 1. The van der Waals surface area contributed by atoms with Crippen LogP contribution in [0.25, 0.3) is 0 Å². The Bertz CT molecular complexity index is 491. The molecule has 147 valence electrons. The summed E-state index contributed by atoms with van der Waals surface area (Å²) in [6.45, 7) is 12.4. The Morgan fingerprint density at radius 3 is 2.54 bits per heavy atom. The van der Waals surface area contributed by atoms with Gasteiger partial charge in [0.05, 0.1) is 6.61 Å². The molecule has 0 spiro atoms. The number of fused-ring (bicyclic) bond motifs is 1. The maximum absolute atomic E-state index is 6.02. The summed E-state index contributed by atoms with van der Waals surface area (Å²) in [6.07, 6.45) is 10.9. The van der Waals surface area contributed by atoms with E-state index in [0.717, 1.165) is 31.8 Å². The van der Waals surface area contributed by atoms with Crippen molar-refractivity contribution in [3.63, 3.8) is 0 Å². The van der Waals surface area contributed by atoms with Crippen molar-refractivity contribution in [1.29, 1.82) is 0 Å². The molecule has 0 aliphatic carbocycles. The molecular formula is C23H40NOSi. The van der Waals surface area contributed by atoms with Crippen molar-refractivity contribution in [1.82, 2.24) is 4.90 Å². The number of hydrogen-bond acceptors (Lipinski definition) is 2. The quantitative estimate of drug-likeness (QED) is 0.313. The summed E-state index contributed by atoms with van der Waals surface area (Å²) >= 11 is 0. The van der Waals surface area contributed by atoms with Crippen LogP contribution in [0.4, 0.5) is 0 Å². The highest BCUT2D eigenvalue weighted by atomic mass is 28.3. The molecule has 2 nitrogen and oxygen atoms in total. The minimum absolute atomic E-state index is 0.196. The molecule has 2 rings (SSSR count). The fourth-order valence-electron chi connectivity index (χ4n) is 3.98. The molecule has 1 radical (unpaired) electrons. The van der Waals surface area contributed by atoms with E-state index < -0.39 is 0 Å². The highest BCUT2D eigenvalue weighted by Crippen LogP contribution is 2.24. The van der Waals surface area contributed by atoms with Gasteiger partial charge in [0, 0.05) is 35.0 Å². The van der Waals surface area contributed by atoms with Gasteiger partial charge in [-0.3, -0.25) is 4.90 Å². The predicted molar refractivity (Wildman–Crippen MR) is 115 cm³/mol. The van der Waals surface area contributed by atoms with E-state index in [-0.39, 0.29) is 8.80 Å². The summed E-state index contributed by atoms with van der Waals surface area (Å²) in [4.78, 5) is 2.54. The summed E-state index contributed by atoms with van der Waals surface area (Å²) in [5.74, 6) is 0. The molecule has 1 atom stereocenters. The van der Waals surface area contributed by atoms with Gasteiger partial charge in [-0.1, -0.05) is 82.8 Å². The van der Waals surface area contributed by atoms with Gasteiger partial charge in [-0.15, -0.1) is 0 Å². The van der Waals surface area contributed by atoms with Gasteiger partial charge in [-0.05, 0) is 29.5 Å². The van der Waals surface area contributed by atoms with E-state index in [1.54, 1.807) is 0 Å². The average molecular weight is 375 g/mol. The third kappa shape index (κ3) is 7.94. The van der Waals surface area contributed by atoms with E-state index in [0.29, 0.717) is 0 Å². The average Bonchev–Trinajstić information content (AvgIpc) is 2.65.